The predicted molar refractivity (Wildman–Crippen MR) is 132 cm³/mol. The fourth-order valence-corrected chi connectivity index (χ4v) is 5.42. The van der Waals surface area contributed by atoms with Crippen LogP contribution >= 0.6 is 0 Å². The van der Waals surface area contributed by atoms with Crippen molar-refractivity contribution in [3.05, 3.63) is 78.4 Å². The molecule has 2 aromatic carbocycles. The van der Waals surface area contributed by atoms with E-state index in [1.807, 2.05) is 0 Å². The topological polar surface area (TPSA) is 142 Å². The number of para-hydroxylation sites is 1. The van der Waals surface area contributed by atoms with Gasteiger partial charge in [-0.05, 0) is 42.8 Å². The second-order valence-electron chi connectivity index (χ2n) is 7.86. The summed E-state index contributed by atoms with van der Waals surface area (Å²) in [5.41, 5.74) is 2.44. The normalized spacial score (nSPS) is 15.5. The zero-order valence-electron chi connectivity index (χ0n) is 19.7. The van der Waals surface area contributed by atoms with E-state index in [1.54, 1.807) is 31.2 Å². The fourth-order valence-electron chi connectivity index (χ4n) is 3.86. The number of ether oxygens (including phenoxy) is 1. The van der Waals surface area contributed by atoms with Gasteiger partial charge in [0.15, 0.2) is 0 Å². The first-order valence-electron chi connectivity index (χ1n) is 11.1. The Bertz CT molecular complexity index is 1450. The van der Waals surface area contributed by atoms with Gasteiger partial charge in [-0.1, -0.05) is 24.1 Å². The van der Waals surface area contributed by atoms with E-state index >= 15 is 0 Å². The maximum Gasteiger partial charge on any atom is 0.278 e. The molecule has 11 nitrogen and oxygen atoms in total. The van der Waals surface area contributed by atoms with Crippen LogP contribution in [0.1, 0.15) is 23.0 Å². The third-order valence-corrected chi connectivity index (χ3v) is 7.54. The lowest BCUT2D eigenvalue weighted by Gasteiger charge is -2.29. The van der Waals surface area contributed by atoms with Crippen molar-refractivity contribution in [2.24, 2.45) is 0 Å². The van der Waals surface area contributed by atoms with Gasteiger partial charge in [0.05, 0.1) is 17.6 Å². The Kier molecular flexibility index (Phi) is 7.78. The zero-order valence-corrected chi connectivity index (χ0v) is 20.6. The third-order valence-electron chi connectivity index (χ3n) is 5.67. The molecule has 3 aromatic rings. The van der Waals surface area contributed by atoms with Crippen LogP contribution in [0.25, 0.3) is 0 Å². The molecule has 1 aliphatic heterocycles. The number of hydrogen-bond acceptors (Lipinski definition) is 8. The largest absolute Gasteiger partial charge is 0.481 e. The number of amides is 2. The molecule has 0 radical (unpaired) electrons. The Hall–Kier alpha value is -4.31. The highest BCUT2D eigenvalue weighted by atomic mass is 32.2. The minimum atomic E-state index is -4.28. The molecular weight excluding hydrogens is 498 g/mol. The summed E-state index contributed by atoms with van der Waals surface area (Å²) in [6.07, 6.45) is 4.05. The van der Waals surface area contributed by atoms with Gasteiger partial charge in [0.25, 0.3) is 11.8 Å². The van der Waals surface area contributed by atoms with Crippen LogP contribution in [0.4, 0.5) is 5.69 Å². The van der Waals surface area contributed by atoms with Crippen molar-refractivity contribution < 1.29 is 28.0 Å². The van der Waals surface area contributed by atoms with Crippen molar-refractivity contribution in [3.8, 4) is 17.6 Å². The molecule has 2 amide bonds. The molecule has 2 N–H and O–H groups in total. The lowest BCUT2D eigenvalue weighted by atomic mass is 10.1. The number of sulfonamides is 1. The summed E-state index contributed by atoms with van der Waals surface area (Å²) in [5, 5.41) is 9.46. The summed E-state index contributed by atoms with van der Waals surface area (Å²) in [4.78, 5) is 35.3. The number of anilines is 1. The van der Waals surface area contributed by atoms with Crippen LogP contribution in [-0.2, 0) is 21.4 Å². The van der Waals surface area contributed by atoms with E-state index in [1.165, 1.54) is 53.2 Å². The van der Waals surface area contributed by atoms with Gasteiger partial charge in [-0.15, -0.1) is 5.92 Å². The number of benzene rings is 2. The van der Waals surface area contributed by atoms with Crippen molar-refractivity contribution in [1.82, 2.24) is 19.8 Å². The molecule has 1 unspecified atom stereocenters. The number of nitrogens with zero attached hydrogens (tertiary/aromatic N) is 4. The van der Waals surface area contributed by atoms with Crippen LogP contribution < -0.4 is 15.1 Å². The smallest absolute Gasteiger partial charge is 0.278 e. The molecule has 12 heteroatoms. The predicted octanol–water partition coefficient (Wildman–Crippen LogP) is 1.60. The Morgan fingerprint density at radius 1 is 1.16 bits per heavy atom. The van der Waals surface area contributed by atoms with Gasteiger partial charge in [-0.25, -0.2) is 18.9 Å². The molecule has 0 aliphatic carbocycles. The number of carbonyl (C=O) groups is 2. The zero-order chi connectivity index (χ0) is 26.4. The number of aromatic nitrogens is 2. The van der Waals surface area contributed by atoms with E-state index < -0.39 is 27.9 Å². The monoisotopic (exact) mass is 521 g/mol. The quantitative estimate of drug-likeness (QED) is 0.283. The summed E-state index contributed by atoms with van der Waals surface area (Å²) in [7, 11) is -4.28. The molecule has 0 spiro atoms. The Labute approximate surface area is 213 Å². The molecule has 0 saturated heterocycles. The molecule has 1 aromatic heterocycles. The van der Waals surface area contributed by atoms with Crippen molar-refractivity contribution in [1.29, 1.82) is 0 Å². The Morgan fingerprint density at radius 3 is 2.59 bits per heavy atom. The van der Waals surface area contributed by atoms with Crippen LogP contribution in [0, 0.1) is 11.8 Å². The minimum absolute atomic E-state index is 0.0140. The highest BCUT2D eigenvalue weighted by Gasteiger charge is 2.41. The molecule has 4 rings (SSSR count). The summed E-state index contributed by atoms with van der Waals surface area (Å²) in [6.45, 7) is 1.22. The fraction of sp³-hybridized carbons (Fsp3) is 0.200. The van der Waals surface area contributed by atoms with Gasteiger partial charge < -0.3 is 9.64 Å². The first-order valence-corrected chi connectivity index (χ1v) is 12.5. The first kappa shape index (κ1) is 25.8. The van der Waals surface area contributed by atoms with Gasteiger partial charge in [-0.2, -0.15) is 4.31 Å². The highest BCUT2D eigenvalue weighted by molar-refractivity contribution is 7.89. The summed E-state index contributed by atoms with van der Waals surface area (Å²) < 4.78 is 34.0. The maximum atomic E-state index is 13.8. The van der Waals surface area contributed by atoms with Gasteiger partial charge >= 0.3 is 0 Å². The average molecular weight is 522 g/mol. The van der Waals surface area contributed by atoms with Crippen molar-refractivity contribution in [2.75, 3.05) is 18.1 Å². The van der Waals surface area contributed by atoms with E-state index in [-0.39, 0.29) is 30.3 Å². The molecule has 1 aliphatic rings. The lowest BCUT2D eigenvalue weighted by molar-refractivity contribution is -0.133. The van der Waals surface area contributed by atoms with Crippen LogP contribution in [0.3, 0.4) is 0 Å². The molecule has 2 heterocycles. The van der Waals surface area contributed by atoms with E-state index in [2.05, 4.69) is 21.8 Å². The average Bonchev–Trinajstić information content (AvgIpc) is 3.11. The number of hydroxylamine groups is 1. The van der Waals surface area contributed by atoms with Crippen molar-refractivity contribution in [3.63, 3.8) is 0 Å². The van der Waals surface area contributed by atoms with Crippen molar-refractivity contribution in [2.45, 2.75) is 24.4 Å². The molecule has 1 atom stereocenters. The number of rotatable bonds is 6. The molecule has 190 valence electrons. The molecular formula is C25H23N5O6S. The third kappa shape index (κ3) is 5.44. The second-order valence-corrected chi connectivity index (χ2v) is 9.75. The molecule has 0 bridgehead atoms. The van der Waals surface area contributed by atoms with Crippen molar-refractivity contribution >= 4 is 27.5 Å². The summed E-state index contributed by atoms with van der Waals surface area (Å²) >= 11 is 0. The Balaban J connectivity index is 1.75. The first-order chi connectivity index (χ1) is 17.9. The van der Waals surface area contributed by atoms with Crippen LogP contribution in [0.5, 0.6) is 5.75 Å². The summed E-state index contributed by atoms with van der Waals surface area (Å²) in [5.74, 6) is 4.31. The molecule has 37 heavy (non-hydrogen) atoms. The number of carbonyl (C=O) groups excluding carboxylic acids is 2. The van der Waals surface area contributed by atoms with Gasteiger partial charge in [0.1, 0.15) is 24.1 Å². The molecule has 0 fully saturated rings. The highest BCUT2D eigenvalue weighted by Crippen LogP contribution is 2.32. The number of fused-ring (bicyclic) bond motifs is 1. The second kappa shape index (κ2) is 11.2. The summed E-state index contributed by atoms with van der Waals surface area (Å²) in [6, 6.07) is 10.9. The number of nitrogens with one attached hydrogen (secondary N) is 1. The van der Waals surface area contributed by atoms with E-state index in [0.717, 1.165) is 4.31 Å². The maximum absolute atomic E-state index is 13.8. The van der Waals surface area contributed by atoms with E-state index in [9.17, 15) is 23.2 Å². The van der Waals surface area contributed by atoms with Crippen LogP contribution in [0.2, 0.25) is 0 Å². The van der Waals surface area contributed by atoms with E-state index in [0.29, 0.717) is 17.0 Å². The van der Waals surface area contributed by atoms with E-state index in [4.69, 9.17) is 4.74 Å². The Morgan fingerprint density at radius 2 is 1.92 bits per heavy atom. The minimum Gasteiger partial charge on any atom is -0.481 e. The standard InChI is InChI=1S/C25H23N5O6S/c1-2-3-14-36-19-8-10-20(11-9-19)37(34,35)30-16-18-6-4-5-7-22(18)29(17-23(30)24(31)28-33)25(32)21-15-26-12-13-27-21/h4-13,15,23,33H,14,16-17H2,1H3,(H,28,31). The SMILES string of the molecule is CC#CCOc1ccc(S(=O)(=O)N2Cc3ccccc3N(C(=O)c3cnccn3)CC2C(=O)NO)cc1. The van der Waals surface area contributed by atoms with Gasteiger partial charge in [0.2, 0.25) is 10.0 Å². The van der Waals surface area contributed by atoms with Gasteiger partial charge in [-0.3, -0.25) is 19.8 Å². The lowest BCUT2D eigenvalue weighted by Crippen LogP contribution is -2.53. The molecule has 0 saturated carbocycles. The van der Waals surface area contributed by atoms with Crippen LogP contribution in [-0.4, -0.2) is 58.9 Å². The number of hydrogen-bond donors (Lipinski definition) is 2. The van der Waals surface area contributed by atoms with Crippen LogP contribution in [0.15, 0.2) is 72.0 Å². The van der Waals surface area contributed by atoms with Gasteiger partial charge in [0, 0.05) is 24.6 Å².